The van der Waals surface area contributed by atoms with Crippen LogP contribution in [0.2, 0.25) is 0 Å². The number of amides is 1. The van der Waals surface area contributed by atoms with Crippen LogP contribution in [0, 0.1) is 5.92 Å². The normalized spacial score (nSPS) is 15.3. The van der Waals surface area contributed by atoms with Crippen LogP contribution in [-0.4, -0.2) is 23.1 Å². The minimum absolute atomic E-state index is 0. The molecule has 112 valence electrons. The van der Waals surface area contributed by atoms with Crippen LogP contribution >= 0.6 is 28.3 Å². The van der Waals surface area contributed by atoms with Crippen molar-refractivity contribution in [3.05, 3.63) is 33.2 Å². The molecule has 1 aliphatic rings. The molecule has 0 aromatic carbocycles. The highest BCUT2D eigenvalue weighted by molar-refractivity contribution is 9.10. The molecule has 0 aliphatic heterocycles. The number of carbonyl (C=O) groups is 1. The number of nitrogens with zero attached hydrogens (tertiary/aromatic N) is 1. The molecule has 1 atom stereocenters. The Morgan fingerprint density at radius 3 is 2.85 bits per heavy atom. The van der Waals surface area contributed by atoms with E-state index in [1.807, 2.05) is 0 Å². The molecule has 0 saturated heterocycles. The first kappa shape index (κ1) is 17.2. The molecule has 1 fully saturated rings. The number of aryl methyl sites for hydroxylation is 1. The predicted molar refractivity (Wildman–Crippen MR) is 84.0 cm³/mol. The molecule has 1 saturated carbocycles. The lowest BCUT2D eigenvalue weighted by Crippen LogP contribution is -2.39. The third-order valence-electron chi connectivity index (χ3n) is 3.29. The Hall–Kier alpha value is -0.850. The number of hydrogen-bond acceptors (Lipinski definition) is 3. The van der Waals surface area contributed by atoms with Crippen molar-refractivity contribution in [2.75, 3.05) is 6.54 Å². The van der Waals surface area contributed by atoms with Crippen molar-refractivity contribution >= 4 is 34.2 Å². The van der Waals surface area contributed by atoms with Gasteiger partial charge in [0.15, 0.2) is 0 Å². The Morgan fingerprint density at radius 1 is 1.50 bits per heavy atom. The molecule has 1 aliphatic carbocycles. The molecule has 1 aromatic heterocycles. The van der Waals surface area contributed by atoms with Gasteiger partial charge in [-0.2, -0.15) is 0 Å². The van der Waals surface area contributed by atoms with Crippen molar-refractivity contribution in [1.82, 2.24) is 9.88 Å². The van der Waals surface area contributed by atoms with E-state index in [1.54, 1.807) is 12.3 Å². The molecule has 1 aromatic rings. The van der Waals surface area contributed by atoms with Crippen molar-refractivity contribution in [2.24, 2.45) is 11.7 Å². The van der Waals surface area contributed by atoms with Gasteiger partial charge in [-0.15, -0.1) is 12.4 Å². The number of aromatic nitrogens is 1. The smallest absolute Gasteiger partial charge is 0.250 e. The number of nitrogens with one attached hydrogen (secondary N) is 1. The largest absolute Gasteiger partial charge is 0.354 e. The average molecular weight is 365 g/mol. The first-order valence-corrected chi connectivity index (χ1v) is 7.24. The van der Waals surface area contributed by atoms with E-state index in [2.05, 4.69) is 21.2 Å². The van der Waals surface area contributed by atoms with Crippen LogP contribution in [0.3, 0.4) is 0 Å². The maximum atomic E-state index is 11.7. The average Bonchev–Trinajstić information content (AvgIpc) is 3.21. The molecule has 2 rings (SSSR count). The summed E-state index contributed by atoms with van der Waals surface area (Å²) in [5.41, 5.74) is 5.80. The Labute approximate surface area is 132 Å². The number of halogens is 2. The summed E-state index contributed by atoms with van der Waals surface area (Å²) in [6.45, 7) is 0.902. The van der Waals surface area contributed by atoms with Gasteiger partial charge in [0, 0.05) is 42.3 Å². The molecule has 3 N–H and O–H groups in total. The third kappa shape index (κ3) is 5.26. The molecular weight excluding hydrogens is 346 g/mol. The summed E-state index contributed by atoms with van der Waals surface area (Å²) in [5.74, 6) is 0.510. The zero-order valence-corrected chi connectivity index (χ0v) is 13.5. The van der Waals surface area contributed by atoms with Crippen LogP contribution in [0.4, 0.5) is 0 Å². The highest BCUT2D eigenvalue weighted by atomic mass is 79.9. The maximum Gasteiger partial charge on any atom is 0.250 e. The fourth-order valence-corrected chi connectivity index (χ4v) is 2.29. The highest BCUT2D eigenvalue weighted by Gasteiger charge is 2.28. The topological polar surface area (TPSA) is 77.1 Å². The zero-order chi connectivity index (χ0) is 13.8. The number of pyridine rings is 1. The van der Waals surface area contributed by atoms with E-state index in [0.717, 1.165) is 4.47 Å². The Morgan fingerprint density at radius 2 is 2.20 bits per heavy atom. The van der Waals surface area contributed by atoms with Crippen LogP contribution in [0.1, 0.15) is 19.3 Å². The van der Waals surface area contributed by atoms with Crippen molar-refractivity contribution in [1.29, 1.82) is 0 Å². The van der Waals surface area contributed by atoms with E-state index >= 15 is 0 Å². The summed E-state index contributed by atoms with van der Waals surface area (Å²) in [5, 5.41) is 2.82. The fraction of sp³-hybridized carbons (Fsp3) is 0.538. The van der Waals surface area contributed by atoms with E-state index in [4.69, 9.17) is 5.73 Å². The second kappa shape index (κ2) is 7.81. The lowest BCUT2D eigenvalue weighted by Gasteiger charge is -2.12. The first-order chi connectivity index (χ1) is 9.06. The van der Waals surface area contributed by atoms with Crippen molar-refractivity contribution in [2.45, 2.75) is 31.8 Å². The molecule has 0 spiro atoms. The molecule has 1 unspecified atom stereocenters. The van der Waals surface area contributed by atoms with Crippen LogP contribution < -0.4 is 16.6 Å². The van der Waals surface area contributed by atoms with Crippen LogP contribution in [0.25, 0.3) is 0 Å². The molecule has 0 radical (unpaired) electrons. The SMILES string of the molecule is Cl.NC(CNC(=O)CCn1cc(Br)ccc1=O)C1CC1. The second-order valence-corrected chi connectivity index (χ2v) is 5.85. The summed E-state index contributed by atoms with van der Waals surface area (Å²) in [4.78, 5) is 23.2. The Balaban J connectivity index is 0.00000200. The van der Waals surface area contributed by atoms with Gasteiger partial charge in [0.1, 0.15) is 0 Å². The standard InChI is InChI=1S/C13H18BrN3O2.ClH/c14-10-3-4-13(19)17(8-10)6-5-12(18)16-7-11(15)9-1-2-9;/h3-4,8-9,11H,1-2,5-7,15H2,(H,16,18);1H. The van der Waals surface area contributed by atoms with Gasteiger partial charge >= 0.3 is 0 Å². The van der Waals surface area contributed by atoms with Crippen LogP contribution in [0.15, 0.2) is 27.6 Å². The van der Waals surface area contributed by atoms with E-state index in [9.17, 15) is 9.59 Å². The number of carbonyl (C=O) groups excluding carboxylic acids is 1. The Kier molecular flexibility index (Phi) is 6.71. The highest BCUT2D eigenvalue weighted by Crippen LogP contribution is 2.31. The molecule has 1 heterocycles. The van der Waals surface area contributed by atoms with Gasteiger partial charge in [-0.3, -0.25) is 9.59 Å². The summed E-state index contributed by atoms with van der Waals surface area (Å²) in [6, 6.07) is 3.23. The minimum Gasteiger partial charge on any atom is -0.354 e. The lowest BCUT2D eigenvalue weighted by molar-refractivity contribution is -0.121. The van der Waals surface area contributed by atoms with E-state index in [0.29, 0.717) is 19.0 Å². The van der Waals surface area contributed by atoms with Gasteiger partial charge in [-0.25, -0.2) is 0 Å². The summed E-state index contributed by atoms with van der Waals surface area (Å²) < 4.78 is 2.34. The molecule has 7 heteroatoms. The van der Waals surface area contributed by atoms with Gasteiger partial charge in [0.25, 0.3) is 5.56 Å². The molecular formula is C13H19BrClN3O2. The van der Waals surface area contributed by atoms with Crippen molar-refractivity contribution in [3.8, 4) is 0 Å². The Bertz CT molecular complexity index is 517. The van der Waals surface area contributed by atoms with E-state index < -0.39 is 0 Å². The van der Waals surface area contributed by atoms with Gasteiger partial charge in [0.2, 0.25) is 5.91 Å². The number of hydrogen-bond donors (Lipinski definition) is 2. The van der Waals surface area contributed by atoms with Crippen molar-refractivity contribution < 1.29 is 4.79 Å². The molecule has 20 heavy (non-hydrogen) atoms. The minimum atomic E-state index is -0.106. The third-order valence-corrected chi connectivity index (χ3v) is 3.76. The quantitative estimate of drug-likeness (QED) is 0.798. The summed E-state index contributed by atoms with van der Waals surface area (Å²) >= 11 is 3.30. The van der Waals surface area contributed by atoms with Crippen LogP contribution in [0.5, 0.6) is 0 Å². The molecule has 0 bridgehead atoms. The maximum absolute atomic E-state index is 11.7. The molecule has 5 nitrogen and oxygen atoms in total. The van der Waals surface area contributed by atoms with Gasteiger partial charge in [0.05, 0.1) is 0 Å². The van der Waals surface area contributed by atoms with E-state index in [1.165, 1.54) is 23.5 Å². The van der Waals surface area contributed by atoms with Crippen LogP contribution in [-0.2, 0) is 11.3 Å². The lowest BCUT2D eigenvalue weighted by atomic mass is 10.2. The fourth-order valence-electron chi connectivity index (χ4n) is 1.91. The van der Waals surface area contributed by atoms with Gasteiger partial charge in [-0.1, -0.05) is 0 Å². The van der Waals surface area contributed by atoms with E-state index in [-0.39, 0.29) is 36.3 Å². The second-order valence-electron chi connectivity index (χ2n) is 4.93. The van der Waals surface area contributed by atoms with Gasteiger partial charge in [-0.05, 0) is 40.8 Å². The first-order valence-electron chi connectivity index (χ1n) is 6.44. The summed E-state index contributed by atoms with van der Waals surface area (Å²) in [6.07, 6.45) is 4.31. The van der Waals surface area contributed by atoms with Crippen molar-refractivity contribution in [3.63, 3.8) is 0 Å². The molecule has 1 amide bonds. The zero-order valence-electron chi connectivity index (χ0n) is 11.0. The van der Waals surface area contributed by atoms with Gasteiger partial charge < -0.3 is 15.6 Å². The predicted octanol–water partition coefficient (Wildman–Crippen LogP) is 1.28. The number of rotatable bonds is 6. The number of nitrogens with two attached hydrogens (primary N) is 1. The monoisotopic (exact) mass is 363 g/mol. The summed E-state index contributed by atoms with van der Waals surface area (Å²) in [7, 11) is 0.